The standard InChI is InChI=1S/C17H17ClN2.ClH/c1-9-4-10-6-11(5-9)16-15(7-10)20-14-8-12(18)2-3-13(14)17(16)19;/h2-4,8,10-11H,5-7H2,1H3,(H2,19,20);1H/t10-,11+;/m0./s1. The predicted molar refractivity (Wildman–Crippen MR) is 91.3 cm³/mol. The average molecular weight is 321 g/mol. The first-order valence-electron chi connectivity index (χ1n) is 7.16. The van der Waals surface area contributed by atoms with Crippen LogP contribution in [0.5, 0.6) is 0 Å². The van der Waals surface area contributed by atoms with Gasteiger partial charge in [-0.05, 0) is 56.2 Å². The van der Waals surface area contributed by atoms with Crippen LogP contribution in [0.1, 0.15) is 36.9 Å². The van der Waals surface area contributed by atoms with Gasteiger partial charge in [-0.3, -0.25) is 4.98 Å². The lowest BCUT2D eigenvalue weighted by Gasteiger charge is -2.35. The normalized spacial score (nSPS) is 23.2. The van der Waals surface area contributed by atoms with Crippen LogP contribution in [-0.4, -0.2) is 4.98 Å². The third kappa shape index (κ3) is 2.31. The van der Waals surface area contributed by atoms with Crippen molar-refractivity contribution in [1.82, 2.24) is 4.98 Å². The third-order valence-corrected chi connectivity index (χ3v) is 4.88. The van der Waals surface area contributed by atoms with E-state index in [0.717, 1.165) is 34.5 Å². The molecule has 0 saturated carbocycles. The van der Waals surface area contributed by atoms with Crippen molar-refractivity contribution in [2.45, 2.75) is 32.1 Å². The van der Waals surface area contributed by atoms with Crippen LogP contribution in [0, 0.1) is 5.92 Å². The molecule has 0 radical (unpaired) electrons. The number of nitrogen functional groups attached to an aromatic ring is 1. The maximum absolute atomic E-state index is 6.47. The zero-order chi connectivity index (χ0) is 13.9. The number of hydrogen-bond acceptors (Lipinski definition) is 2. The fourth-order valence-electron chi connectivity index (χ4n) is 3.93. The highest BCUT2D eigenvalue weighted by Gasteiger charge is 2.32. The second-order valence-corrected chi connectivity index (χ2v) is 6.60. The number of allylic oxidation sites excluding steroid dienone is 2. The number of fused-ring (bicyclic) bond motifs is 5. The van der Waals surface area contributed by atoms with Crippen molar-refractivity contribution in [2.24, 2.45) is 5.92 Å². The van der Waals surface area contributed by atoms with Gasteiger partial charge in [-0.25, -0.2) is 0 Å². The van der Waals surface area contributed by atoms with Crippen molar-refractivity contribution in [3.63, 3.8) is 0 Å². The number of hydrogen-bond donors (Lipinski definition) is 1. The summed E-state index contributed by atoms with van der Waals surface area (Å²) in [5.41, 5.74) is 12.3. The Labute approximate surface area is 135 Å². The van der Waals surface area contributed by atoms with Gasteiger partial charge < -0.3 is 5.73 Å². The van der Waals surface area contributed by atoms with E-state index < -0.39 is 0 Å². The summed E-state index contributed by atoms with van der Waals surface area (Å²) in [6, 6.07) is 5.81. The van der Waals surface area contributed by atoms with Crippen LogP contribution < -0.4 is 5.73 Å². The minimum absolute atomic E-state index is 0. The zero-order valence-electron chi connectivity index (χ0n) is 11.9. The van der Waals surface area contributed by atoms with Crippen LogP contribution in [-0.2, 0) is 6.42 Å². The Bertz CT molecular complexity index is 752. The first-order valence-corrected chi connectivity index (χ1v) is 7.54. The molecule has 2 nitrogen and oxygen atoms in total. The monoisotopic (exact) mass is 320 g/mol. The second-order valence-electron chi connectivity index (χ2n) is 6.16. The number of anilines is 1. The molecule has 1 aromatic heterocycles. The molecule has 4 rings (SSSR count). The summed E-state index contributed by atoms with van der Waals surface area (Å²) in [6.45, 7) is 2.23. The Hall–Kier alpha value is -1.25. The van der Waals surface area contributed by atoms with E-state index in [1.165, 1.54) is 23.3 Å². The smallest absolute Gasteiger partial charge is 0.0741 e. The van der Waals surface area contributed by atoms with Crippen molar-refractivity contribution >= 4 is 40.6 Å². The number of halogens is 2. The lowest BCUT2D eigenvalue weighted by Crippen LogP contribution is -2.24. The lowest BCUT2D eigenvalue weighted by atomic mass is 9.71. The quantitative estimate of drug-likeness (QED) is 0.702. The van der Waals surface area contributed by atoms with E-state index in [-0.39, 0.29) is 12.4 Å². The minimum atomic E-state index is 0. The molecule has 0 aliphatic heterocycles. The molecule has 21 heavy (non-hydrogen) atoms. The molecule has 1 aromatic carbocycles. The molecule has 110 valence electrons. The number of nitrogens with zero attached hydrogens (tertiary/aromatic N) is 1. The van der Waals surface area contributed by atoms with E-state index >= 15 is 0 Å². The molecule has 0 amide bonds. The number of nitrogens with two attached hydrogens (primary N) is 1. The summed E-state index contributed by atoms with van der Waals surface area (Å²) in [5, 5.41) is 1.76. The Morgan fingerprint density at radius 1 is 1.29 bits per heavy atom. The number of pyridine rings is 1. The van der Waals surface area contributed by atoms with Gasteiger partial charge in [0.25, 0.3) is 0 Å². The molecule has 2 atom stereocenters. The highest BCUT2D eigenvalue weighted by atomic mass is 35.5. The molecule has 0 saturated heterocycles. The second kappa shape index (κ2) is 5.19. The third-order valence-electron chi connectivity index (χ3n) is 4.65. The fourth-order valence-corrected chi connectivity index (χ4v) is 4.10. The summed E-state index contributed by atoms with van der Waals surface area (Å²) in [4.78, 5) is 4.85. The summed E-state index contributed by atoms with van der Waals surface area (Å²) < 4.78 is 0. The Kier molecular flexibility index (Phi) is 3.62. The highest BCUT2D eigenvalue weighted by molar-refractivity contribution is 6.31. The molecular weight excluding hydrogens is 303 g/mol. The molecular formula is C17H18Cl2N2. The lowest BCUT2D eigenvalue weighted by molar-refractivity contribution is 0.433. The van der Waals surface area contributed by atoms with Crippen LogP contribution in [0.25, 0.3) is 10.9 Å². The summed E-state index contributed by atoms with van der Waals surface area (Å²) >= 11 is 6.08. The van der Waals surface area contributed by atoms with Crippen molar-refractivity contribution < 1.29 is 0 Å². The predicted octanol–water partition coefficient (Wildman–Crippen LogP) is 4.89. The van der Waals surface area contributed by atoms with Gasteiger partial charge in [0.1, 0.15) is 0 Å². The van der Waals surface area contributed by atoms with Crippen LogP contribution in [0.3, 0.4) is 0 Å². The summed E-state index contributed by atoms with van der Waals surface area (Å²) in [5.74, 6) is 1.17. The van der Waals surface area contributed by atoms with E-state index in [2.05, 4.69) is 13.0 Å². The van der Waals surface area contributed by atoms with Gasteiger partial charge >= 0.3 is 0 Å². The largest absolute Gasteiger partial charge is 0.398 e. The molecule has 0 spiro atoms. The molecule has 1 heterocycles. The van der Waals surface area contributed by atoms with E-state index in [0.29, 0.717) is 11.8 Å². The molecule has 4 heteroatoms. The van der Waals surface area contributed by atoms with Crippen molar-refractivity contribution in [1.29, 1.82) is 0 Å². The van der Waals surface area contributed by atoms with Gasteiger partial charge in [0.05, 0.1) is 5.52 Å². The number of benzene rings is 1. The SMILES string of the molecule is CC1=C[C@@H]2Cc3nc4cc(Cl)ccc4c(N)c3[C@H](C1)C2.Cl. The van der Waals surface area contributed by atoms with Gasteiger partial charge in [0, 0.05) is 27.4 Å². The Morgan fingerprint density at radius 3 is 2.90 bits per heavy atom. The summed E-state index contributed by atoms with van der Waals surface area (Å²) in [7, 11) is 0. The van der Waals surface area contributed by atoms with E-state index in [1.54, 1.807) is 0 Å². The summed E-state index contributed by atoms with van der Waals surface area (Å²) in [6.07, 6.45) is 5.76. The van der Waals surface area contributed by atoms with Crippen molar-refractivity contribution in [3.8, 4) is 0 Å². The highest BCUT2D eigenvalue weighted by Crippen LogP contribution is 2.46. The van der Waals surface area contributed by atoms with Gasteiger partial charge in [0.15, 0.2) is 0 Å². The Morgan fingerprint density at radius 2 is 2.10 bits per heavy atom. The van der Waals surface area contributed by atoms with Crippen LogP contribution in [0.4, 0.5) is 5.69 Å². The zero-order valence-corrected chi connectivity index (χ0v) is 13.5. The maximum Gasteiger partial charge on any atom is 0.0741 e. The van der Waals surface area contributed by atoms with Gasteiger partial charge in [-0.2, -0.15) is 0 Å². The molecule has 0 fully saturated rings. The fraction of sp³-hybridized carbons (Fsp3) is 0.353. The van der Waals surface area contributed by atoms with Gasteiger partial charge in [0.2, 0.25) is 0 Å². The van der Waals surface area contributed by atoms with Crippen LogP contribution in [0.2, 0.25) is 5.02 Å². The topological polar surface area (TPSA) is 38.9 Å². The molecule has 2 aliphatic rings. The van der Waals surface area contributed by atoms with E-state index in [1.807, 2.05) is 18.2 Å². The first kappa shape index (κ1) is 14.7. The van der Waals surface area contributed by atoms with E-state index in [4.69, 9.17) is 22.3 Å². The first-order chi connectivity index (χ1) is 9.61. The van der Waals surface area contributed by atoms with Gasteiger partial charge in [-0.1, -0.05) is 23.3 Å². The van der Waals surface area contributed by atoms with E-state index in [9.17, 15) is 0 Å². The van der Waals surface area contributed by atoms with Crippen LogP contribution in [0.15, 0.2) is 29.8 Å². The molecule has 2 N–H and O–H groups in total. The maximum atomic E-state index is 6.47. The van der Waals surface area contributed by atoms with Crippen molar-refractivity contribution in [3.05, 3.63) is 46.1 Å². The van der Waals surface area contributed by atoms with Crippen LogP contribution >= 0.6 is 24.0 Å². The molecule has 2 bridgehead atoms. The minimum Gasteiger partial charge on any atom is -0.398 e. The number of rotatable bonds is 0. The molecule has 0 unspecified atom stereocenters. The van der Waals surface area contributed by atoms with Gasteiger partial charge in [-0.15, -0.1) is 12.4 Å². The molecule has 2 aromatic rings. The number of aromatic nitrogens is 1. The van der Waals surface area contributed by atoms with Crippen molar-refractivity contribution in [2.75, 3.05) is 5.73 Å². The average Bonchev–Trinajstić information content (AvgIpc) is 2.36. The Balaban J connectivity index is 0.00000132. The molecule has 2 aliphatic carbocycles.